The second-order valence-corrected chi connectivity index (χ2v) is 3.34. The van der Waals surface area contributed by atoms with Crippen LogP contribution in [0.25, 0.3) is 0 Å². The van der Waals surface area contributed by atoms with Crippen molar-refractivity contribution < 1.29 is 19.8 Å². The van der Waals surface area contributed by atoms with Crippen molar-refractivity contribution in [2.75, 3.05) is 13.1 Å². The van der Waals surface area contributed by atoms with E-state index in [9.17, 15) is 9.59 Å². The van der Waals surface area contributed by atoms with Crippen LogP contribution in [0.5, 0.6) is 0 Å². The van der Waals surface area contributed by atoms with Crippen LogP contribution in [-0.2, 0) is 9.59 Å². The van der Waals surface area contributed by atoms with Crippen LogP contribution in [0.15, 0.2) is 12.2 Å². The monoisotopic (exact) mass is 214 g/mol. The molecule has 6 heteroatoms. The summed E-state index contributed by atoms with van der Waals surface area (Å²) in [5.41, 5.74) is 3.29. The summed E-state index contributed by atoms with van der Waals surface area (Å²) in [6.45, 7) is 2.50. The summed E-state index contributed by atoms with van der Waals surface area (Å²) in [6.07, 6.45) is 3.91. The highest BCUT2D eigenvalue weighted by Crippen LogP contribution is 2.21. The van der Waals surface area contributed by atoms with Crippen molar-refractivity contribution in [3.63, 3.8) is 0 Å². The van der Waals surface area contributed by atoms with Crippen LogP contribution in [0.4, 0.5) is 0 Å². The molecule has 2 heterocycles. The fraction of sp³-hybridized carbons (Fsp3) is 0.556. The number of aliphatic carboxylic acids is 2. The Morgan fingerprint density at radius 2 is 1.80 bits per heavy atom. The SMILES string of the molecule is C1CC2CCN2N1.O=C(O)C=CC(=O)O. The first-order valence-corrected chi connectivity index (χ1v) is 4.73. The minimum absolute atomic E-state index is 0.558. The van der Waals surface area contributed by atoms with E-state index in [1.54, 1.807) is 0 Å². The average Bonchev–Trinajstić information content (AvgIpc) is 2.43. The largest absolute Gasteiger partial charge is 0.478 e. The maximum Gasteiger partial charge on any atom is 0.328 e. The topological polar surface area (TPSA) is 89.9 Å². The minimum Gasteiger partial charge on any atom is -0.478 e. The van der Waals surface area contributed by atoms with Crippen molar-refractivity contribution in [3.8, 4) is 0 Å². The van der Waals surface area contributed by atoms with Gasteiger partial charge in [0.25, 0.3) is 0 Å². The summed E-state index contributed by atoms with van der Waals surface area (Å²) in [4.78, 5) is 19.1. The van der Waals surface area contributed by atoms with Gasteiger partial charge >= 0.3 is 11.9 Å². The van der Waals surface area contributed by atoms with Crippen molar-refractivity contribution in [3.05, 3.63) is 12.2 Å². The predicted octanol–water partition coefficient (Wildman–Crippen LogP) is -0.319. The zero-order chi connectivity index (χ0) is 11.3. The van der Waals surface area contributed by atoms with Crippen LogP contribution in [0.2, 0.25) is 0 Å². The van der Waals surface area contributed by atoms with Gasteiger partial charge < -0.3 is 10.2 Å². The van der Waals surface area contributed by atoms with E-state index in [-0.39, 0.29) is 0 Å². The second kappa shape index (κ2) is 5.47. The number of hydrogen-bond acceptors (Lipinski definition) is 4. The molecule has 2 rings (SSSR count). The van der Waals surface area contributed by atoms with E-state index in [1.807, 2.05) is 0 Å². The Morgan fingerprint density at radius 1 is 1.20 bits per heavy atom. The summed E-state index contributed by atoms with van der Waals surface area (Å²) in [5.74, 6) is -2.51. The third-order valence-corrected chi connectivity index (χ3v) is 2.30. The Morgan fingerprint density at radius 3 is 2.00 bits per heavy atom. The first-order valence-electron chi connectivity index (χ1n) is 4.73. The fourth-order valence-electron chi connectivity index (χ4n) is 1.47. The van der Waals surface area contributed by atoms with Gasteiger partial charge in [0.05, 0.1) is 0 Å². The van der Waals surface area contributed by atoms with Crippen LogP contribution >= 0.6 is 0 Å². The quantitative estimate of drug-likeness (QED) is 0.546. The van der Waals surface area contributed by atoms with Gasteiger partial charge in [-0.15, -0.1) is 0 Å². The lowest BCUT2D eigenvalue weighted by molar-refractivity contribution is -0.134. The van der Waals surface area contributed by atoms with Crippen molar-refractivity contribution >= 4 is 11.9 Å². The molecule has 2 fully saturated rings. The molecular weight excluding hydrogens is 200 g/mol. The molecule has 2 saturated heterocycles. The molecule has 2 aliphatic rings. The Labute approximate surface area is 87.2 Å². The van der Waals surface area contributed by atoms with Gasteiger partial charge in [-0.1, -0.05) is 0 Å². The van der Waals surface area contributed by atoms with Crippen LogP contribution in [-0.4, -0.2) is 46.3 Å². The molecule has 0 spiro atoms. The van der Waals surface area contributed by atoms with Gasteiger partial charge in [0.1, 0.15) is 0 Å². The first kappa shape index (κ1) is 11.7. The summed E-state index contributed by atoms with van der Waals surface area (Å²) >= 11 is 0. The number of nitrogens with zero attached hydrogens (tertiary/aromatic N) is 1. The Balaban J connectivity index is 0.000000150. The lowest BCUT2D eigenvalue weighted by atomic mass is 10.1. The van der Waals surface area contributed by atoms with Gasteiger partial charge in [0, 0.05) is 31.3 Å². The normalized spacial score (nSPS) is 23.9. The molecule has 0 amide bonds. The van der Waals surface area contributed by atoms with Crippen molar-refractivity contribution in [2.45, 2.75) is 18.9 Å². The van der Waals surface area contributed by atoms with Gasteiger partial charge in [-0.3, -0.25) is 5.43 Å². The highest BCUT2D eigenvalue weighted by molar-refractivity contribution is 5.89. The Hall–Kier alpha value is -1.40. The van der Waals surface area contributed by atoms with Crippen molar-refractivity contribution in [1.82, 2.24) is 10.4 Å². The van der Waals surface area contributed by atoms with E-state index in [4.69, 9.17) is 10.2 Å². The van der Waals surface area contributed by atoms with Crippen molar-refractivity contribution in [2.24, 2.45) is 0 Å². The number of nitrogens with one attached hydrogen (secondary N) is 1. The number of carboxylic acids is 2. The molecule has 84 valence electrons. The molecule has 0 aromatic carbocycles. The molecule has 0 saturated carbocycles. The van der Waals surface area contributed by atoms with Gasteiger partial charge in [-0.2, -0.15) is 0 Å². The standard InChI is InChI=1S/C5H10N2.C4H4O4/c1-3-6-7-4-2-5(1)7;5-3(6)1-2-4(7)8/h5-6H,1-4H2;1-2H,(H,5,6)(H,7,8). The number of hydrazine groups is 1. The van der Waals surface area contributed by atoms with E-state index < -0.39 is 11.9 Å². The predicted molar refractivity (Wildman–Crippen MR) is 52.1 cm³/mol. The number of carbonyl (C=O) groups is 2. The number of rotatable bonds is 2. The maximum absolute atomic E-state index is 9.55. The molecule has 6 nitrogen and oxygen atoms in total. The van der Waals surface area contributed by atoms with Gasteiger partial charge in [0.15, 0.2) is 0 Å². The third kappa shape index (κ3) is 4.09. The Kier molecular flexibility index (Phi) is 4.26. The number of carboxylic acid groups (broad SMARTS) is 2. The highest BCUT2D eigenvalue weighted by atomic mass is 16.4. The van der Waals surface area contributed by atoms with Crippen LogP contribution in [0.3, 0.4) is 0 Å². The maximum atomic E-state index is 9.55. The molecule has 0 radical (unpaired) electrons. The number of hydrogen-bond donors (Lipinski definition) is 3. The Bertz CT molecular complexity index is 251. The van der Waals surface area contributed by atoms with E-state index in [0.29, 0.717) is 12.2 Å². The highest BCUT2D eigenvalue weighted by Gasteiger charge is 2.31. The summed E-state index contributed by atoms with van der Waals surface area (Å²) in [7, 11) is 0. The summed E-state index contributed by atoms with van der Waals surface area (Å²) < 4.78 is 0. The van der Waals surface area contributed by atoms with Crippen LogP contribution < -0.4 is 5.43 Å². The van der Waals surface area contributed by atoms with E-state index in [2.05, 4.69) is 10.4 Å². The fourth-order valence-corrected chi connectivity index (χ4v) is 1.47. The van der Waals surface area contributed by atoms with Gasteiger partial charge in [0.2, 0.25) is 0 Å². The first-order chi connectivity index (χ1) is 7.09. The van der Waals surface area contributed by atoms with E-state index in [1.165, 1.54) is 25.9 Å². The molecule has 15 heavy (non-hydrogen) atoms. The van der Waals surface area contributed by atoms with Crippen LogP contribution in [0.1, 0.15) is 12.8 Å². The third-order valence-electron chi connectivity index (χ3n) is 2.30. The average molecular weight is 214 g/mol. The second-order valence-electron chi connectivity index (χ2n) is 3.34. The summed E-state index contributed by atoms with van der Waals surface area (Å²) in [6, 6.07) is 0.917. The smallest absolute Gasteiger partial charge is 0.328 e. The molecule has 2 aliphatic heterocycles. The summed E-state index contributed by atoms with van der Waals surface area (Å²) in [5, 5.41) is 18.0. The van der Waals surface area contributed by atoms with Crippen molar-refractivity contribution in [1.29, 1.82) is 0 Å². The lowest BCUT2D eigenvalue weighted by Crippen LogP contribution is -2.47. The number of fused-ring (bicyclic) bond motifs is 1. The molecule has 1 unspecified atom stereocenters. The molecule has 0 bridgehead atoms. The molecule has 0 aromatic heterocycles. The molecule has 3 N–H and O–H groups in total. The zero-order valence-electron chi connectivity index (χ0n) is 8.22. The van der Waals surface area contributed by atoms with E-state index >= 15 is 0 Å². The zero-order valence-corrected chi connectivity index (χ0v) is 8.22. The van der Waals surface area contributed by atoms with Gasteiger partial charge in [-0.25, -0.2) is 14.6 Å². The van der Waals surface area contributed by atoms with Crippen LogP contribution in [0, 0.1) is 0 Å². The minimum atomic E-state index is -1.26. The molecule has 0 aromatic rings. The lowest BCUT2D eigenvalue weighted by Gasteiger charge is -2.33. The molecule has 0 aliphatic carbocycles. The van der Waals surface area contributed by atoms with Gasteiger partial charge in [-0.05, 0) is 12.8 Å². The molecular formula is C9H14N2O4. The molecule has 1 atom stereocenters. The van der Waals surface area contributed by atoms with E-state index in [0.717, 1.165) is 6.04 Å².